The van der Waals surface area contributed by atoms with Gasteiger partial charge in [-0.15, -0.1) is 0 Å². The number of benzene rings is 1. The van der Waals surface area contributed by atoms with E-state index in [9.17, 15) is 0 Å². The van der Waals surface area contributed by atoms with Gasteiger partial charge in [0, 0.05) is 0 Å². The summed E-state index contributed by atoms with van der Waals surface area (Å²) in [6.45, 7) is 4.38. The van der Waals surface area contributed by atoms with E-state index in [1.165, 1.54) is 22.3 Å². The van der Waals surface area contributed by atoms with Crippen molar-refractivity contribution in [3.63, 3.8) is 0 Å². The number of allylic oxidation sites excluding steroid dienone is 8. The summed E-state index contributed by atoms with van der Waals surface area (Å²) in [5.74, 6) is 0. The molecule has 0 heterocycles. The first-order valence-electron chi connectivity index (χ1n) is 7.12. The molecule has 0 spiro atoms. The van der Waals surface area contributed by atoms with Gasteiger partial charge >= 0.3 is 0 Å². The molecular weight excluding hydrogens is 252 g/mol. The maximum Gasteiger partial charge on any atom is -0.0152 e. The largest absolute Gasteiger partial charge is 0.0848 e. The van der Waals surface area contributed by atoms with Crippen LogP contribution in [0.4, 0.5) is 0 Å². The summed E-state index contributed by atoms with van der Waals surface area (Å²) in [6, 6.07) is 10.7. The fourth-order valence-electron chi connectivity index (χ4n) is 2.41. The molecule has 1 aromatic carbocycles. The highest BCUT2D eigenvalue weighted by molar-refractivity contribution is 5.80. The first kappa shape index (κ1) is 19.2. The zero-order valence-corrected chi connectivity index (χ0v) is 11.9. The van der Waals surface area contributed by atoms with Crippen LogP contribution in [0.15, 0.2) is 71.9 Å². The standard InChI is InChI=1S/C19H22.2CH4/c1-3-4-6-11-16(2)18-14-9-10-15-19(18)17-12-7-5-8-13-17;;/h4-8,10-13,15H,3,9,14H2,1-2H3;2*1H4/b6-4-,16-11+;;. The van der Waals surface area contributed by atoms with Gasteiger partial charge in [0.15, 0.2) is 0 Å². The quantitative estimate of drug-likeness (QED) is 0.523. The average Bonchev–Trinajstić information content (AvgIpc) is 2.48. The zero-order chi connectivity index (χ0) is 13.5. The second kappa shape index (κ2) is 9.99. The molecule has 2 rings (SSSR count). The summed E-state index contributed by atoms with van der Waals surface area (Å²) in [5.41, 5.74) is 5.56. The summed E-state index contributed by atoms with van der Waals surface area (Å²) >= 11 is 0. The molecule has 0 saturated carbocycles. The van der Waals surface area contributed by atoms with E-state index in [1.807, 2.05) is 0 Å². The molecule has 1 aliphatic rings. The van der Waals surface area contributed by atoms with E-state index in [4.69, 9.17) is 0 Å². The lowest BCUT2D eigenvalue weighted by Crippen LogP contribution is -1.96. The van der Waals surface area contributed by atoms with E-state index in [0.717, 1.165) is 19.3 Å². The molecule has 0 unspecified atom stereocenters. The highest BCUT2D eigenvalue weighted by Crippen LogP contribution is 2.31. The van der Waals surface area contributed by atoms with Crippen LogP contribution in [-0.4, -0.2) is 0 Å². The van der Waals surface area contributed by atoms with Crippen LogP contribution in [0.5, 0.6) is 0 Å². The summed E-state index contributed by atoms with van der Waals surface area (Å²) < 4.78 is 0. The Labute approximate surface area is 131 Å². The molecule has 1 aliphatic carbocycles. The van der Waals surface area contributed by atoms with Gasteiger partial charge in [-0.2, -0.15) is 0 Å². The predicted molar refractivity (Wildman–Crippen MR) is 98.4 cm³/mol. The molecule has 0 heteroatoms. The minimum Gasteiger partial charge on any atom is -0.0848 e. The summed E-state index contributed by atoms with van der Waals surface area (Å²) in [4.78, 5) is 0. The van der Waals surface area contributed by atoms with Gasteiger partial charge in [0.25, 0.3) is 0 Å². The van der Waals surface area contributed by atoms with Crippen molar-refractivity contribution >= 4 is 5.57 Å². The lowest BCUT2D eigenvalue weighted by molar-refractivity contribution is 0.974. The molecule has 0 bridgehead atoms. The van der Waals surface area contributed by atoms with E-state index < -0.39 is 0 Å². The number of hydrogen-bond donors (Lipinski definition) is 0. The number of rotatable bonds is 4. The third-order valence-electron chi connectivity index (χ3n) is 3.45. The minimum atomic E-state index is 0. The molecule has 0 aliphatic heterocycles. The second-order valence-corrected chi connectivity index (χ2v) is 4.89. The SMILES string of the molecule is C.C.CC/C=C\C=C(/C)C1=C(c2ccccc2)C=CCC1. The van der Waals surface area contributed by atoms with Crippen molar-refractivity contribution in [1.29, 1.82) is 0 Å². The molecule has 21 heavy (non-hydrogen) atoms. The van der Waals surface area contributed by atoms with Crippen LogP contribution in [0.2, 0.25) is 0 Å². The molecule has 0 fully saturated rings. The topological polar surface area (TPSA) is 0 Å². The maximum atomic E-state index is 2.28. The highest BCUT2D eigenvalue weighted by Gasteiger charge is 2.11. The van der Waals surface area contributed by atoms with Gasteiger partial charge in [-0.25, -0.2) is 0 Å². The van der Waals surface area contributed by atoms with Crippen LogP contribution in [-0.2, 0) is 0 Å². The number of hydrogen-bond acceptors (Lipinski definition) is 0. The molecule has 1 aromatic rings. The highest BCUT2D eigenvalue weighted by atomic mass is 14.2. The Morgan fingerprint density at radius 2 is 1.86 bits per heavy atom. The van der Waals surface area contributed by atoms with Gasteiger partial charge in [0.05, 0.1) is 0 Å². The maximum absolute atomic E-state index is 2.28. The van der Waals surface area contributed by atoms with Crippen molar-refractivity contribution in [1.82, 2.24) is 0 Å². The Hall–Kier alpha value is -1.82. The van der Waals surface area contributed by atoms with Crippen molar-refractivity contribution in [2.45, 2.75) is 48.0 Å². The molecule has 0 N–H and O–H groups in total. The minimum absolute atomic E-state index is 0. The average molecular weight is 282 g/mol. The Kier molecular flexibility index (Phi) is 9.12. The molecular formula is C21H30. The third-order valence-corrected chi connectivity index (χ3v) is 3.45. The molecule has 114 valence electrons. The van der Waals surface area contributed by atoms with Gasteiger partial charge in [-0.05, 0) is 48.5 Å². The van der Waals surface area contributed by atoms with Crippen LogP contribution in [0.1, 0.15) is 53.5 Å². The Balaban J connectivity index is 0.00000200. The van der Waals surface area contributed by atoms with Gasteiger partial charge in [0.1, 0.15) is 0 Å². The Bertz CT molecular complexity index is 524. The molecule has 0 nitrogen and oxygen atoms in total. The van der Waals surface area contributed by atoms with E-state index in [-0.39, 0.29) is 14.9 Å². The molecule has 0 saturated heterocycles. The van der Waals surface area contributed by atoms with Gasteiger partial charge < -0.3 is 0 Å². The van der Waals surface area contributed by atoms with Crippen LogP contribution in [0.25, 0.3) is 5.57 Å². The van der Waals surface area contributed by atoms with Crippen molar-refractivity contribution < 1.29 is 0 Å². The smallest absolute Gasteiger partial charge is 0.0152 e. The van der Waals surface area contributed by atoms with Crippen molar-refractivity contribution in [2.75, 3.05) is 0 Å². The molecule has 0 radical (unpaired) electrons. The van der Waals surface area contributed by atoms with E-state index >= 15 is 0 Å². The van der Waals surface area contributed by atoms with E-state index in [2.05, 4.69) is 74.6 Å². The Morgan fingerprint density at radius 3 is 2.52 bits per heavy atom. The van der Waals surface area contributed by atoms with Crippen molar-refractivity contribution in [3.8, 4) is 0 Å². The van der Waals surface area contributed by atoms with Gasteiger partial charge in [-0.1, -0.05) is 82.5 Å². The van der Waals surface area contributed by atoms with Gasteiger partial charge in [0.2, 0.25) is 0 Å². The summed E-state index contributed by atoms with van der Waals surface area (Å²) in [6.07, 6.45) is 14.5. The monoisotopic (exact) mass is 282 g/mol. The fourth-order valence-corrected chi connectivity index (χ4v) is 2.41. The van der Waals surface area contributed by atoms with Crippen LogP contribution < -0.4 is 0 Å². The van der Waals surface area contributed by atoms with Crippen LogP contribution >= 0.6 is 0 Å². The van der Waals surface area contributed by atoms with Crippen molar-refractivity contribution in [2.24, 2.45) is 0 Å². The van der Waals surface area contributed by atoms with Gasteiger partial charge in [-0.3, -0.25) is 0 Å². The lowest BCUT2D eigenvalue weighted by atomic mass is 9.88. The molecule has 0 amide bonds. The second-order valence-electron chi connectivity index (χ2n) is 4.89. The van der Waals surface area contributed by atoms with Crippen molar-refractivity contribution in [3.05, 3.63) is 77.4 Å². The normalized spacial score (nSPS) is 14.9. The van der Waals surface area contributed by atoms with E-state index in [0.29, 0.717) is 0 Å². The first-order chi connectivity index (χ1) is 9.33. The zero-order valence-electron chi connectivity index (χ0n) is 11.9. The molecule has 0 atom stereocenters. The van der Waals surface area contributed by atoms with E-state index in [1.54, 1.807) is 0 Å². The lowest BCUT2D eigenvalue weighted by Gasteiger charge is -2.17. The Morgan fingerprint density at radius 1 is 1.14 bits per heavy atom. The molecule has 0 aromatic heterocycles. The predicted octanol–water partition coefficient (Wildman–Crippen LogP) is 6.97. The van der Waals surface area contributed by atoms with Crippen LogP contribution in [0.3, 0.4) is 0 Å². The van der Waals surface area contributed by atoms with Crippen LogP contribution in [0, 0.1) is 0 Å². The summed E-state index contributed by atoms with van der Waals surface area (Å²) in [7, 11) is 0. The fraction of sp³-hybridized carbons (Fsp3) is 0.333. The summed E-state index contributed by atoms with van der Waals surface area (Å²) in [5, 5.41) is 0. The first-order valence-corrected chi connectivity index (χ1v) is 7.12. The third kappa shape index (κ3) is 5.23.